The van der Waals surface area contributed by atoms with Crippen LogP contribution in [0, 0.1) is 17.3 Å². The summed E-state index contributed by atoms with van der Waals surface area (Å²) in [5.74, 6) is -3.92. The van der Waals surface area contributed by atoms with Gasteiger partial charge in [0.05, 0.1) is 5.92 Å². The molecule has 1 aromatic carbocycles. The van der Waals surface area contributed by atoms with Crippen LogP contribution >= 0.6 is 0 Å². The van der Waals surface area contributed by atoms with Gasteiger partial charge in [0.25, 0.3) is 5.91 Å². The molecule has 0 spiro atoms. The lowest BCUT2D eigenvalue weighted by Crippen LogP contribution is -2.58. The average molecular weight is 420 g/mol. The molecule has 4 N–H and O–H groups in total. The van der Waals surface area contributed by atoms with Crippen molar-refractivity contribution in [3.8, 4) is 0 Å². The fraction of sp³-hybridized carbons (Fsp3) is 0.545. The van der Waals surface area contributed by atoms with Gasteiger partial charge in [0.2, 0.25) is 11.8 Å². The van der Waals surface area contributed by atoms with E-state index in [9.17, 15) is 24.3 Å². The molecule has 0 saturated heterocycles. The number of carboxylic acid groups (broad SMARTS) is 1. The van der Waals surface area contributed by atoms with E-state index in [0.717, 1.165) is 0 Å². The molecule has 1 aromatic rings. The highest BCUT2D eigenvalue weighted by atomic mass is 16.4. The van der Waals surface area contributed by atoms with E-state index >= 15 is 0 Å². The maximum absolute atomic E-state index is 13.1. The van der Waals surface area contributed by atoms with Crippen LogP contribution in [0.15, 0.2) is 30.3 Å². The Hall–Kier alpha value is -2.90. The quantitative estimate of drug-likeness (QED) is 0.486. The molecular weight excluding hydrogens is 386 g/mol. The molecule has 0 radical (unpaired) electrons. The number of carboxylic acids is 1. The molecule has 0 aliphatic carbocycles. The number of nitrogens with one attached hydrogen (secondary N) is 3. The lowest BCUT2D eigenvalue weighted by molar-refractivity contribution is -0.145. The first-order chi connectivity index (χ1) is 13.9. The minimum Gasteiger partial charge on any atom is -0.480 e. The van der Waals surface area contributed by atoms with E-state index in [2.05, 4.69) is 16.0 Å². The van der Waals surface area contributed by atoms with E-state index in [0.29, 0.717) is 5.56 Å². The van der Waals surface area contributed by atoms with Gasteiger partial charge in [0.1, 0.15) is 12.1 Å². The van der Waals surface area contributed by atoms with Crippen LogP contribution in [-0.2, 0) is 14.4 Å². The number of hydrogen-bond donors (Lipinski definition) is 4. The highest BCUT2D eigenvalue weighted by molar-refractivity contribution is 5.98. The maximum Gasteiger partial charge on any atom is 0.327 e. The molecule has 8 heteroatoms. The summed E-state index contributed by atoms with van der Waals surface area (Å²) in [5, 5.41) is 17.5. The second-order valence-electron chi connectivity index (χ2n) is 8.81. The van der Waals surface area contributed by atoms with Crippen molar-refractivity contribution >= 4 is 23.7 Å². The summed E-state index contributed by atoms with van der Waals surface area (Å²) in [6, 6.07) is 5.90. The van der Waals surface area contributed by atoms with Crippen molar-refractivity contribution in [1.82, 2.24) is 16.0 Å². The third-order valence-corrected chi connectivity index (χ3v) is 4.71. The van der Waals surface area contributed by atoms with E-state index in [4.69, 9.17) is 0 Å². The van der Waals surface area contributed by atoms with Crippen molar-refractivity contribution in [2.75, 3.05) is 7.05 Å². The lowest BCUT2D eigenvalue weighted by Gasteiger charge is -2.33. The Balaban J connectivity index is 3.18. The van der Waals surface area contributed by atoms with Crippen LogP contribution in [0.25, 0.3) is 0 Å². The molecule has 8 nitrogen and oxygen atoms in total. The van der Waals surface area contributed by atoms with Gasteiger partial charge in [-0.05, 0) is 29.9 Å². The number of likely N-dealkylation sites (N-methyl/N-ethyl adjacent to an activating group) is 1. The normalized spacial score (nSPS) is 14.4. The number of aliphatic carboxylic acids is 1. The van der Waals surface area contributed by atoms with Gasteiger partial charge >= 0.3 is 5.97 Å². The van der Waals surface area contributed by atoms with Crippen LogP contribution < -0.4 is 16.0 Å². The molecule has 0 fully saturated rings. The van der Waals surface area contributed by atoms with Crippen molar-refractivity contribution in [3.63, 3.8) is 0 Å². The van der Waals surface area contributed by atoms with Crippen molar-refractivity contribution in [1.29, 1.82) is 0 Å². The second-order valence-corrected chi connectivity index (χ2v) is 8.81. The first-order valence-corrected chi connectivity index (χ1v) is 9.99. The average Bonchev–Trinajstić information content (AvgIpc) is 2.67. The smallest absolute Gasteiger partial charge is 0.327 e. The summed E-state index contributed by atoms with van der Waals surface area (Å²) in [6.45, 7) is 9.12. The van der Waals surface area contributed by atoms with Crippen molar-refractivity contribution in [3.05, 3.63) is 35.9 Å². The van der Waals surface area contributed by atoms with Gasteiger partial charge in [0, 0.05) is 12.6 Å². The molecule has 0 unspecified atom stereocenters. The summed E-state index contributed by atoms with van der Waals surface area (Å²) >= 11 is 0. The van der Waals surface area contributed by atoms with Gasteiger partial charge in [-0.25, -0.2) is 4.79 Å². The molecule has 30 heavy (non-hydrogen) atoms. The molecular formula is C22H33N3O5. The Morgan fingerprint density at radius 2 is 1.53 bits per heavy atom. The molecule has 1 rings (SSSR count). The van der Waals surface area contributed by atoms with E-state index in [-0.39, 0.29) is 18.2 Å². The van der Waals surface area contributed by atoms with Crippen molar-refractivity contribution in [2.24, 2.45) is 17.3 Å². The number of carbonyl (C=O) groups excluding carboxylic acids is 3. The van der Waals surface area contributed by atoms with Gasteiger partial charge in [-0.3, -0.25) is 14.4 Å². The zero-order valence-electron chi connectivity index (χ0n) is 18.5. The van der Waals surface area contributed by atoms with Gasteiger partial charge in [-0.15, -0.1) is 0 Å². The largest absolute Gasteiger partial charge is 0.480 e. The van der Waals surface area contributed by atoms with Crippen LogP contribution in [0.3, 0.4) is 0 Å². The van der Waals surface area contributed by atoms with Crippen molar-refractivity contribution < 1.29 is 24.3 Å². The fourth-order valence-electron chi connectivity index (χ4n) is 3.12. The summed E-state index contributed by atoms with van der Waals surface area (Å²) in [4.78, 5) is 49.9. The molecule has 3 amide bonds. The SMILES string of the molecule is CNC(=O)[C@@H](NC(=O)[C@H](CC(C)C)[C@H](NC(=O)c1ccccc1)C(=O)O)C(C)(C)C. The molecule has 0 saturated carbocycles. The minimum atomic E-state index is -1.44. The van der Waals surface area contributed by atoms with E-state index in [1.54, 1.807) is 51.1 Å². The Morgan fingerprint density at radius 1 is 0.967 bits per heavy atom. The number of carbonyl (C=O) groups is 4. The Labute approximate surface area is 177 Å². The second kappa shape index (κ2) is 10.8. The third-order valence-electron chi connectivity index (χ3n) is 4.71. The van der Waals surface area contributed by atoms with E-state index in [1.165, 1.54) is 7.05 Å². The first kappa shape index (κ1) is 25.1. The Kier molecular flexibility index (Phi) is 9.01. The van der Waals surface area contributed by atoms with Gasteiger partial charge in [-0.2, -0.15) is 0 Å². The number of rotatable bonds is 9. The molecule has 0 aliphatic heterocycles. The summed E-state index contributed by atoms with van der Waals surface area (Å²) < 4.78 is 0. The van der Waals surface area contributed by atoms with Gasteiger partial charge in [0.15, 0.2) is 0 Å². The van der Waals surface area contributed by atoms with E-state index < -0.39 is 41.2 Å². The maximum atomic E-state index is 13.1. The third kappa shape index (κ3) is 7.17. The Bertz CT molecular complexity index is 756. The predicted molar refractivity (Wildman–Crippen MR) is 114 cm³/mol. The fourth-order valence-corrected chi connectivity index (χ4v) is 3.12. The minimum absolute atomic E-state index is 0.00989. The molecule has 166 valence electrons. The number of benzene rings is 1. The highest BCUT2D eigenvalue weighted by Crippen LogP contribution is 2.22. The summed E-state index contributed by atoms with van der Waals surface area (Å²) in [5.41, 5.74) is -0.296. The topological polar surface area (TPSA) is 125 Å². The monoisotopic (exact) mass is 419 g/mol. The highest BCUT2D eigenvalue weighted by Gasteiger charge is 2.39. The van der Waals surface area contributed by atoms with Crippen LogP contribution in [0.1, 0.15) is 51.4 Å². The zero-order chi connectivity index (χ0) is 23.1. The standard InChI is InChI=1S/C22H33N3O5/c1-13(2)12-15(19(27)25-17(20(28)23-6)22(3,4)5)16(21(29)30)24-18(26)14-10-8-7-9-11-14/h7-11,13,15-17H,12H2,1-6H3,(H,23,28)(H,24,26)(H,25,27)(H,29,30)/t15-,16+,17-/m1/s1. The Morgan fingerprint density at radius 3 is 1.97 bits per heavy atom. The number of amides is 3. The van der Waals surface area contributed by atoms with Gasteiger partial charge in [-0.1, -0.05) is 52.8 Å². The summed E-state index contributed by atoms with van der Waals surface area (Å²) in [6.07, 6.45) is 0.225. The molecule has 0 aliphatic rings. The lowest BCUT2D eigenvalue weighted by atomic mass is 9.84. The summed E-state index contributed by atoms with van der Waals surface area (Å²) in [7, 11) is 1.47. The molecule has 0 heterocycles. The van der Waals surface area contributed by atoms with Gasteiger partial charge < -0.3 is 21.1 Å². The number of hydrogen-bond acceptors (Lipinski definition) is 4. The molecule has 3 atom stereocenters. The van der Waals surface area contributed by atoms with E-state index in [1.807, 2.05) is 13.8 Å². The predicted octanol–water partition coefficient (Wildman–Crippen LogP) is 1.81. The first-order valence-electron chi connectivity index (χ1n) is 9.99. The molecule has 0 aromatic heterocycles. The zero-order valence-corrected chi connectivity index (χ0v) is 18.5. The van der Waals surface area contributed by atoms with Crippen LogP contribution in [0.2, 0.25) is 0 Å². The van der Waals surface area contributed by atoms with Crippen LogP contribution in [0.4, 0.5) is 0 Å². The van der Waals surface area contributed by atoms with Crippen LogP contribution in [0.5, 0.6) is 0 Å². The van der Waals surface area contributed by atoms with Crippen molar-refractivity contribution in [2.45, 2.75) is 53.1 Å². The van der Waals surface area contributed by atoms with Crippen LogP contribution in [-0.4, -0.2) is 47.9 Å². The molecule has 0 bridgehead atoms.